The molecule has 0 amide bonds. The minimum Gasteiger partial charge on any atom is -0.305 e. The van der Waals surface area contributed by atoms with Crippen LogP contribution in [0.4, 0.5) is 0 Å². The molecule has 4 heteroatoms. The first-order chi connectivity index (χ1) is 7.52. The van der Waals surface area contributed by atoms with Gasteiger partial charge in [0.2, 0.25) is 0 Å². The molecule has 0 saturated carbocycles. The molecule has 0 aliphatic carbocycles. The third kappa shape index (κ3) is 6.95. The maximum Gasteiger partial charge on any atom is 0.0379 e. The minimum absolute atomic E-state index is 0.492. The summed E-state index contributed by atoms with van der Waals surface area (Å²) in [6, 6.07) is 1.07. The van der Waals surface area contributed by atoms with Gasteiger partial charge in [-0.1, -0.05) is 0 Å². The van der Waals surface area contributed by atoms with Gasteiger partial charge in [0.15, 0.2) is 0 Å². The van der Waals surface area contributed by atoms with Gasteiger partial charge in [-0.3, -0.25) is 4.90 Å². The molecule has 0 spiro atoms. The van der Waals surface area contributed by atoms with Crippen LogP contribution >= 0.6 is 23.2 Å². The predicted octanol–water partition coefficient (Wildman–Crippen LogP) is 2.88. The van der Waals surface area contributed by atoms with Gasteiger partial charge in [-0.15, -0.1) is 23.2 Å². The van der Waals surface area contributed by atoms with E-state index in [9.17, 15) is 0 Å². The zero-order chi connectivity index (χ0) is 12.6. The molecule has 0 radical (unpaired) electrons. The van der Waals surface area contributed by atoms with Crippen LogP contribution in [0.15, 0.2) is 0 Å². The summed E-state index contributed by atoms with van der Waals surface area (Å²) in [7, 11) is 4.18. The van der Waals surface area contributed by atoms with Crippen LogP contribution in [0, 0.1) is 0 Å². The van der Waals surface area contributed by atoms with Gasteiger partial charge < -0.3 is 4.90 Å². The fourth-order valence-corrected chi connectivity index (χ4v) is 2.39. The predicted molar refractivity (Wildman–Crippen MR) is 74.9 cm³/mol. The first-order valence-electron chi connectivity index (χ1n) is 6.05. The minimum atomic E-state index is 0.492. The Hall–Kier alpha value is 0.500. The van der Waals surface area contributed by atoms with E-state index in [1.54, 1.807) is 0 Å². The summed E-state index contributed by atoms with van der Waals surface area (Å²) in [5, 5.41) is 0. The summed E-state index contributed by atoms with van der Waals surface area (Å²) in [6.07, 6.45) is 2.34. The Kier molecular flexibility index (Phi) is 9.82. The molecule has 0 aromatic carbocycles. The van der Waals surface area contributed by atoms with E-state index in [2.05, 4.69) is 37.7 Å². The molecule has 0 aromatic rings. The first-order valence-corrected chi connectivity index (χ1v) is 7.12. The Morgan fingerprint density at radius 2 is 1.69 bits per heavy atom. The molecule has 98 valence electrons. The van der Waals surface area contributed by atoms with E-state index in [0.717, 1.165) is 19.5 Å². The lowest BCUT2D eigenvalue weighted by atomic mass is 10.1. The molecule has 0 rings (SSSR count). The van der Waals surface area contributed by atoms with E-state index in [-0.39, 0.29) is 0 Å². The monoisotopic (exact) mass is 268 g/mol. The van der Waals surface area contributed by atoms with Gasteiger partial charge in [-0.05, 0) is 47.3 Å². The van der Waals surface area contributed by atoms with Gasteiger partial charge in [0.25, 0.3) is 0 Å². The fraction of sp³-hybridized carbons (Fsp3) is 1.00. The number of hydrogen-bond acceptors (Lipinski definition) is 2. The first kappa shape index (κ1) is 16.5. The van der Waals surface area contributed by atoms with Gasteiger partial charge in [0, 0.05) is 30.4 Å². The van der Waals surface area contributed by atoms with E-state index in [0.29, 0.717) is 23.8 Å². The SMILES string of the molecule is CC(C)N(CCCl)CCCC(CCl)N(C)C. The highest BCUT2D eigenvalue weighted by Crippen LogP contribution is 2.08. The van der Waals surface area contributed by atoms with Crippen LogP contribution in [-0.4, -0.2) is 60.8 Å². The zero-order valence-electron chi connectivity index (χ0n) is 11.0. The molecule has 16 heavy (non-hydrogen) atoms. The van der Waals surface area contributed by atoms with Crippen molar-refractivity contribution >= 4 is 23.2 Å². The molecule has 1 unspecified atom stereocenters. The quantitative estimate of drug-likeness (QED) is 0.594. The molecule has 0 heterocycles. The Morgan fingerprint density at radius 3 is 2.06 bits per heavy atom. The van der Waals surface area contributed by atoms with Crippen LogP contribution in [-0.2, 0) is 0 Å². The second kappa shape index (κ2) is 9.52. The van der Waals surface area contributed by atoms with Gasteiger partial charge in [-0.2, -0.15) is 0 Å². The second-order valence-electron chi connectivity index (χ2n) is 4.73. The highest BCUT2D eigenvalue weighted by molar-refractivity contribution is 6.18. The highest BCUT2D eigenvalue weighted by atomic mass is 35.5. The molecule has 0 saturated heterocycles. The van der Waals surface area contributed by atoms with Crippen molar-refractivity contribution in [2.75, 3.05) is 38.9 Å². The van der Waals surface area contributed by atoms with Gasteiger partial charge in [0.1, 0.15) is 0 Å². The Balaban J connectivity index is 3.83. The molecular formula is C12H26Cl2N2. The van der Waals surface area contributed by atoms with Crippen molar-refractivity contribution in [2.24, 2.45) is 0 Å². The lowest BCUT2D eigenvalue weighted by Crippen LogP contribution is -2.35. The van der Waals surface area contributed by atoms with Crippen molar-refractivity contribution in [3.05, 3.63) is 0 Å². The van der Waals surface area contributed by atoms with Crippen molar-refractivity contribution in [3.8, 4) is 0 Å². The van der Waals surface area contributed by atoms with Crippen LogP contribution in [0.1, 0.15) is 26.7 Å². The fourth-order valence-electron chi connectivity index (χ4n) is 1.74. The van der Waals surface area contributed by atoms with E-state index >= 15 is 0 Å². The number of hydrogen-bond donors (Lipinski definition) is 0. The van der Waals surface area contributed by atoms with Crippen molar-refractivity contribution < 1.29 is 0 Å². The van der Waals surface area contributed by atoms with Gasteiger partial charge >= 0.3 is 0 Å². The van der Waals surface area contributed by atoms with Crippen LogP contribution < -0.4 is 0 Å². The summed E-state index contributed by atoms with van der Waals surface area (Å²) in [4.78, 5) is 4.63. The number of rotatable bonds is 9. The van der Waals surface area contributed by atoms with Crippen molar-refractivity contribution in [3.63, 3.8) is 0 Å². The number of halogens is 2. The van der Waals surface area contributed by atoms with Crippen LogP contribution in [0.5, 0.6) is 0 Å². The summed E-state index contributed by atoms with van der Waals surface area (Å²) in [5.41, 5.74) is 0. The summed E-state index contributed by atoms with van der Waals surface area (Å²) in [6.45, 7) is 6.54. The molecule has 2 nitrogen and oxygen atoms in total. The average Bonchev–Trinajstić information content (AvgIpc) is 2.21. The van der Waals surface area contributed by atoms with Crippen LogP contribution in [0.2, 0.25) is 0 Å². The number of nitrogens with zero attached hydrogens (tertiary/aromatic N) is 2. The molecule has 0 fully saturated rings. The normalized spacial score (nSPS) is 14.1. The maximum atomic E-state index is 5.93. The van der Waals surface area contributed by atoms with Crippen molar-refractivity contribution in [1.29, 1.82) is 0 Å². The molecule has 0 bridgehead atoms. The Morgan fingerprint density at radius 1 is 1.06 bits per heavy atom. The third-order valence-electron chi connectivity index (χ3n) is 2.99. The largest absolute Gasteiger partial charge is 0.305 e. The lowest BCUT2D eigenvalue weighted by Gasteiger charge is -2.27. The van der Waals surface area contributed by atoms with Gasteiger partial charge in [-0.25, -0.2) is 0 Å². The zero-order valence-corrected chi connectivity index (χ0v) is 12.6. The van der Waals surface area contributed by atoms with Crippen LogP contribution in [0.3, 0.4) is 0 Å². The molecule has 0 aliphatic heterocycles. The maximum absolute atomic E-state index is 5.93. The Bertz CT molecular complexity index is 163. The van der Waals surface area contributed by atoms with Gasteiger partial charge in [0.05, 0.1) is 0 Å². The standard InChI is InChI=1S/C12H26Cl2N2/c1-11(2)16(9-7-13)8-5-6-12(10-14)15(3)4/h11-12H,5-10H2,1-4H3. The van der Waals surface area contributed by atoms with E-state index in [4.69, 9.17) is 23.2 Å². The molecular weight excluding hydrogens is 243 g/mol. The Labute approximate surface area is 111 Å². The smallest absolute Gasteiger partial charge is 0.0379 e. The lowest BCUT2D eigenvalue weighted by molar-refractivity contribution is 0.216. The second-order valence-corrected chi connectivity index (χ2v) is 5.42. The van der Waals surface area contributed by atoms with Crippen LogP contribution in [0.25, 0.3) is 0 Å². The summed E-state index contributed by atoms with van der Waals surface area (Å²) >= 11 is 11.7. The summed E-state index contributed by atoms with van der Waals surface area (Å²) < 4.78 is 0. The third-order valence-corrected chi connectivity index (χ3v) is 3.52. The highest BCUT2D eigenvalue weighted by Gasteiger charge is 2.12. The number of alkyl halides is 2. The molecule has 1 atom stereocenters. The molecule has 0 aliphatic rings. The van der Waals surface area contributed by atoms with E-state index in [1.165, 1.54) is 6.42 Å². The van der Waals surface area contributed by atoms with E-state index < -0.39 is 0 Å². The molecule has 0 aromatic heterocycles. The molecule has 0 N–H and O–H groups in total. The summed E-state index contributed by atoms with van der Waals surface area (Å²) in [5.74, 6) is 1.43. The van der Waals surface area contributed by atoms with Crippen molar-refractivity contribution in [1.82, 2.24) is 9.80 Å². The van der Waals surface area contributed by atoms with E-state index in [1.807, 2.05) is 0 Å². The van der Waals surface area contributed by atoms with Crippen molar-refractivity contribution in [2.45, 2.75) is 38.8 Å². The topological polar surface area (TPSA) is 6.48 Å². The average molecular weight is 269 g/mol.